The molecule has 1 saturated heterocycles. The Morgan fingerprint density at radius 1 is 0.968 bits per heavy atom. The molecule has 5 nitrogen and oxygen atoms in total. The van der Waals surface area contributed by atoms with Crippen LogP contribution in [0.2, 0.25) is 5.02 Å². The third-order valence-electron chi connectivity index (χ3n) is 5.50. The van der Waals surface area contributed by atoms with Crippen LogP contribution in [-0.4, -0.2) is 54.9 Å². The van der Waals surface area contributed by atoms with Crippen LogP contribution in [0.25, 0.3) is 10.9 Å². The van der Waals surface area contributed by atoms with Crippen molar-refractivity contribution in [3.8, 4) is 0 Å². The summed E-state index contributed by atoms with van der Waals surface area (Å²) in [5, 5.41) is 1.47. The second-order valence-electron chi connectivity index (χ2n) is 7.28. The summed E-state index contributed by atoms with van der Waals surface area (Å²) in [6.07, 6.45) is 1.60. The Morgan fingerprint density at radius 3 is 2.32 bits per heavy atom. The van der Waals surface area contributed by atoms with E-state index in [-0.39, 0.29) is 29.7 Å². The number of nitrogens with zero attached hydrogens (tertiary/aromatic N) is 3. The Bertz CT molecular complexity index is 1150. The standard InChI is InChI=1S/C21H23BrClN3O2S.2ClH/c1-2-24-9-11-25(12-10-24)15-17-14-19(4-5-20(17)23)29(27,28)26-8-7-16-13-18(22)3-6-21(16)26;;/h3-8,13-14H,2,9-12,15H2,1H3;2*1H. The van der Waals surface area contributed by atoms with Gasteiger partial charge in [-0.3, -0.25) is 4.90 Å². The minimum absolute atomic E-state index is 0. The molecule has 1 aliphatic rings. The van der Waals surface area contributed by atoms with Gasteiger partial charge in [0.15, 0.2) is 0 Å². The summed E-state index contributed by atoms with van der Waals surface area (Å²) in [6, 6.07) is 12.4. The monoisotopic (exact) mass is 567 g/mol. The predicted octanol–water partition coefficient (Wildman–Crippen LogP) is 5.28. The summed E-state index contributed by atoms with van der Waals surface area (Å²) in [5.74, 6) is 0. The molecule has 4 rings (SSSR count). The molecule has 0 unspecified atom stereocenters. The normalized spacial score (nSPS) is 15.5. The number of benzene rings is 2. The average molecular weight is 570 g/mol. The molecular weight excluding hydrogens is 545 g/mol. The van der Waals surface area contributed by atoms with Gasteiger partial charge >= 0.3 is 0 Å². The van der Waals surface area contributed by atoms with Crippen LogP contribution < -0.4 is 0 Å². The number of halogens is 4. The van der Waals surface area contributed by atoms with Gasteiger partial charge in [0.2, 0.25) is 0 Å². The van der Waals surface area contributed by atoms with Crippen LogP contribution in [0.3, 0.4) is 0 Å². The lowest BCUT2D eigenvalue weighted by atomic mass is 10.2. The third kappa shape index (κ3) is 5.58. The highest BCUT2D eigenvalue weighted by Crippen LogP contribution is 2.28. The fourth-order valence-corrected chi connectivity index (χ4v) is 5.71. The highest BCUT2D eigenvalue weighted by Gasteiger charge is 2.22. The number of piperazine rings is 1. The van der Waals surface area contributed by atoms with E-state index in [2.05, 4.69) is 32.7 Å². The molecule has 1 fully saturated rings. The molecule has 2 heterocycles. The van der Waals surface area contributed by atoms with Crippen LogP contribution in [0.5, 0.6) is 0 Å². The molecular formula is C21H25BrCl3N3O2S. The Morgan fingerprint density at radius 2 is 1.65 bits per heavy atom. The molecule has 0 aliphatic carbocycles. The average Bonchev–Trinajstić information content (AvgIpc) is 3.14. The van der Waals surface area contributed by atoms with E-state index in [1.807, 2.05) is 18.2 Å². The maximum atomic E-state index is 13.3. The van der Waals surface area contributed by atoms with Gasteiger partial charge in [-0.05, 0) is 54.6 Å². The minimum atomic E-state index is -3.71. The van der Waals surface area contributed by atoms with Crippen LogP contribution in [0.4, 0.5) is 0 Å². The lowest BCUT2D eigenvalue weighted by molar-refractivity contribution is 0.132. The molecule has 3 aromatic rings. The van der Waals surface area contributed by atoms with Gasteiger partial charge in [0.1, 0.15) is 0 Å². The number of hydrogen-bond acceptors (Lipinski definition) is 4. The van der Waals surface area contributed by atoms with Gasteiger partial charge in [0.25, 0.3) is 10.0 Å². The zero-order chi connectivity index (χ0) is 20.6. The first-order chi connectivity index (χ1) is 13.9. The van der Waals surface area contributed by atoms with Crippen LogP contribution in [0, 0.1) is 0 Å². The highest BCUT2D eigenvalue weighted by atomic mass is 79.9. The van der Waals surface area contributed by atoms with Crippen molar-refractivity contribution in [3.05, 3.63) is 63.7 Å². The second-order valence-corrected chi connectivity index (χ2v) is 10.4. The summed E-state index contributed by atoms with van der Waals surface area (Å²) in [4.78, 5) is 4.99. The zero-order valence-electron chi connectivity index (χ0n) is 17.0. The van der Waals surface area contributed by atoms with Gasteiger partial charge in [0, 0.05) is 53.8 Å². The van der Waals surface area contributed by atoms with E-state index in [1.54, 1.807) is 30.5 Å². The predicted molar refractivity (Wildman–Crippen MR) is 136 cm³/mol. The summed E-state index contributed by atoms with van der Waals surface area (Å²) in [5.41, 5.74) is 1.50. The second kappa shape index (κ2) is 10.9. The molecule has 0 radical (unpaired) electrons. The quantitative estimate of drug-likeness (QED) is 0.420. The number of rotatable bonds is 5. The van der Waals surface area contributed by atoms with Crippen molar-refractivity contribution in [1.29, 1.82) is 0 Å². The number of likely N-dealkylation sites (N-methyl/N-ethyl adjacent to an activating group) is 1. The summed E-state index contributed by atoms with van der Waals surface area (Å²) in [7, 11) is -3.71. The fraction of sp³-hybridized carbons (Fsp3) is 0.333. The molecule has 2 aromatic carbocycles. The van der Waals surface area contributed by atoms with Crippen molar-refractivity contribution in [1.82, 2.24) is 13.8 Å². The smallest absolute Gasteiger partial charge is 0.268 e. The zero-order valence-corrected chi connectivity index (χ0v) is 21.8. The Balaban J connectivity index is 0.00000171. The van der Waals surface area contributed by atoms with Crippen molar-refractivity contribution in [2.24, 2.45) is 0 Å². The minimum Gasteiger partial charge on any atom is -0.301 e. The third-order valence-corrected chi connectivity index (χ3v) is 8.04. The molecule has 0 bridgehead atoms. The SMILES string of the molecule is CCN1CCN(Cc2cc(S(=O)(=O)n3ccc4cc(Br)ccc43)ccc2Cl)CC1.Cl.Cl. The van der Waals surface area contributed by atoms with Crippen molar-refractivity contribution in [3.63, 3.8) is 0 Å². The van der Waals surface area contributed by atoms with Gasteiger partial charge in [-0.1, -0.05) is 34.5 Å². The summed E-state index contributed by atoms with van der Waals surface area (Å²) < 4.78 is 28.9. The van der Waals surface area contributed by atoms with E-state index < -0.39 is 10.0 Å². The van der Waals surface area contributed by atoms with Gasteiger partial charge in [-0.25, -0.2) is 12.4 Å². The number of hydrogen-bond donors (Lipinski definition) is 0. The van der Waals surface area contributed by atoms with E-state index >= 15 is 0 Å². The van der Waals surface area contributed by atoms with E-state index in [0.717, 1.165) is 48.1 Å². The topological polar surface area (TPSA) is 45.6 Å². The summed E-state index contributed by atoms with van der Waals surface area (Å²) in [6.45, 7) is 7.85. The maximum absolute atomic E-state index is 13.3. The first kappa shape index (κ1) is 26.5. The summed E-state index contributed by atoms with van der Waals surface area (Å²) >= 11 is 9.84. The van der Waals surface area contributed by atoms with Crippen LogP contribution in [0.1, 0.15) is 12.5 Å². The van der Waals surface area contributed by atoms with E-state index in [1.165, 1.54) is 3.97 Å². The van der Waals surface area contributed by atoms with Crippen molar-refractivity contribution in [2.75, 3.05) is 32.7 Å². The van der Waals surface area contributed by atoms with E-state index in [9.17, 15) is 8.42 Å². The highest BCUT2D eigenvalue weighted by molar-refractivity contribution is 9.10. The van der Waals surface area contributed by atoms with Crippen LogP contribution >= 0.6 is 52.3 Å². The largest absolute Gasteiger partial charge is 0.301 e. The van der Waals surface area contributed by atoms with Gasteiger partial charge in [-0.15, -0.1) is 24.8 Å². The van der Waals surface area contributed by atoms with E-state index in [0.29, 0.717) is 17.1 Å². The van der Waals surface area contributed by atoms with Crippen molar-refractivity contribution >= 4 is 73.3 Å². The molecule has 0 spiro atoms. The Labute approximate surface area is 209 Å². The van der Waals surface area contributed by atoms with Crippen molar-refractivity contribution in [2.45, 2.75) is 18.4 Å². The molecule has 31 heavy (non-hydrogen) atoms. The molecule has 0 atom stereocenters. The lowest BCUT2D eigenvalue weighted by Gasteiger charge is -2.34. The molecule has 0 N–H and O–H groups in total. The Hall–Kier alpha value is -0.800. The molecule has 1 aliphatic heterocycles. The molecule has 0 saturated carbocycles. The molecule has 0 amide bonds. The fourth-order valence-electron chi connectivity index (χ4n) is 3.75. The first-order valence-electron chi connectivity index (χ1n) is 9.64. The van der Waals surface area contributed by atoms with Gasteiger partial charge in [-0.2, -0.15) is 0 Å². The van der Waals surface area contributed by atoms with Crippen LogP contribution in [0.15, 0.2) is 58.0 Å². The van der Waals surface area contributed by atoms with Crippen molar-refractivity contribution < 1.29 is 8.42 Å². The number of aromatic nitrogens is 1. The Kier molecular flexibility index (Phi) is 9.28. The van der Waals surface area contributed by atoms with Gasteiger partial charge in [0.05, 0.1) is 10.4 Å². The first-order valence-corrected chi connectivity index (χ1v) is 12.2. The maximum Gasteiger partial charge on any atom is 0.268 e. The number of fused-ring (bicyclic) bond motifs is 1. The van der Waals surface area contributed by atoms with Gasteiger partial charge < -0.3 is 4.90 Å². The molecule has 170 valence electrons. The van der Waals surface area contributed by atoms with Crippen LogP contribution in [-0.2, 0) is 16.6 Å². The molecule has 10 heteroatoms. The lowest BCUT2D eigenvalue weighted by Crippen LogP contribution is -2.45. The molecule has 1 aromatic heterocycles. The van der Waals surface area contributed by atoms with E-state index in [4.69, 9.17) is 11.6 Å².